The Morgan fingerprint density at radius 3 is 2.68 bits per heavy atom. The van der Waals surface area contributed by atoms with Gasteiger partial charge in [-0.3, -0.25) is 4.79 Å². The van der Waals surface area contributed by atoms with Crippen LogP contribution in [0.2, 0.25) is 0 Å². The molecule has 0 unspecified atom stereocenters. The maximum atomic E-state index is 14.0. The van der Waals surface area contributed by atoms with E-state index in [4.69, 9.17) is 9.47 Å². The Balaban J connectivity index is 1.61. The Labute approximate surface area is 192 Å². The van der Waals surface area contributed by atoms with Crippen molar-refractivity contribution in [3.8, 4) is 5.75 Å². The van der Waals surface area contributed by atoms with Crippen molar-refractivity contribution in [1.82, 2.24) is 9.97 Å². The molecule has 1 fully saturated rings. The van der Waals surface area contributed by atoms with Gasteiger partial charge in [0, 0.05) is 12.5 Å². The van der Waals surface area contributed by atoms with Crippen LogP contribution >= 0.6 is 0 Å². The van der Waals surface area contributed by atoms with Crippen LogP contribution in [0.1, 0.15) is 23.5 Å². The quantitative estimate of drug-likeness (QED) is 0.487. The topological polar surface area (TPSA) is 73.3 Å². The van der Waals surface area contributed by atoms with Crippen molar-refractivity contribution in [3.63, 3.8) is 0 Å². The highest BCUT2D eigenvalue weighted by Crippen LogP contribution is 2.55. The molecule has 4 rings (SSSR count). The van der Waals surface area contributed by atoms with Crippen molar-refractivity contribution < 1.29 is 31.8 Å². The number of ether oxygens (including phenoxy) is 2. The fraction of sp³-hybridized carbons (Fsp3) is 0.292. The van der Waals surface area contributed by atoms with E-state index in [2.05, 4.69) is 15.3 Å². The molecule has 10 heteroatoms. The lowest BCUT2D eigenvalue weighted by molar-refractivity contribution is -0.117. The zero-order valence-electron chi connectivity index (χ0n) is 18.4. The molecule has 0 saturated heterocycles. The third-order valence-electron chi connectivity index (χ3n) is 5.81. The second kappa shape index (κ2) is 9.38. The van der Waals surface area contributed by atoms with Gasteiger partial charge in [-0.25, -0.2) is 27.5 Å². The average Bonchev–Trinajstić information content (AvgIpc) is 3.54. The van der Waals surface area contributed by atoms with Gasteiger partial charge in [0.2, 0.25) is 5.91 Å². The summed E-state index contributed by atoms with van der Waals surface area (Å²) in [6.07, 6.45) is 1.68. The van der Waals surface area contributed by atoms with E-state index in [1.54, 1.807) is 6.92 Å². The van der Waals surface area contributed by atoms with Gasteiger partial charge >= 0.3 is 0 Å². The predicted octanol–water partition coefficient (Wildman–Crippen LogP) is 4.46. The fourth-order valence-corrected chi connectivity index (χ4v) is 3.91. The van der Waals surface area contributed by atoms with Gasteiger partial charge in [-0.05, 0) is 43.2 Å². The van der Waals surface area contributed by atoms with Crippen LogP contribution < -0.4 is 10.1 Å². The van der Waals surface area contributed by atoms with Crippen LogP contribution in [0.5, 0.6) is 5.75 Å². The van der Waals surface area contributed by atoms with Crippen LogP contribution in [-0.2, 0) is 21.6 Å². The lowest BCUT2D eigenvalue weighted by Crippen LogP contribution is -2.27. The molecule has 0 spiro atoms. The smallest absolute Gasteiger partial charge is 0.228 e. The highest BCUT2D eigenvalue weighted by atomic mass is 19.2. The molecule has 1 aliphatic carbocycles. The van der Waals surface area contributed by atoms with Gasteiger partial charge in [-0.2, -0.15) is 0 Å². The summed E-state index contributed by atoms with van der Waals surface area (Å²) in [5.41, 5.74) is -0.518. The van der Waals surface area contributed by atoms with Crippen molar-refractivity contribution in [3.05, 3.63) is 82.9 Å². The summed E-state index contributed by atoms with van der Waals surface area (Å²) in [7, 11) is 1.50. The van der Waals surface area contributed by atoms with E-state index in [-0.39, 0.29) is 25.3 Å². The molecule has 1 saturated carbocycles. The van der Waals surface area contributed by atoms with E-state index in [9.17, 15) is 22.4 Å². The predicted molar refractivity (Wildman–Crippen MR) is 114 cm³/mol. The van der Waals surface area contributed by atoms with E-state index in [1.807, 2.05) is 0 Å². The first kappa shape index (κ1) is 23.6. The van der Waals surface area contributed by atoms with Crippen LogP contribution in [0, 0.1) is 36.1 Å². The summed E-state index contributed by atoms with van der Waals surface area (Å²) < 4.78 is 66.3. The molecule has 0 aliphatic heterocycles. The molecular weight excluding hydrogens is 454 g/mol. The lowest BCUT2D eigenvalue weighted by atomic mass is 9.93. The molecule has 1 aromatic heterocycles. The number of nitrogens with one attached hydrogen (secondary N) is 1. The number of carbonyl (C=O) groups is 1. The van der Waals surface area contributed by atoms with Crippen LogP contribution in [0.4, 0.5) is 23.2 Å². The fourth-order valence-electron chi connectivity index (χ4n) is 3.91. The van der Waals surface area contributed by atoms with E-state index in [0.717, 1.165) is 18.2 Å². The Morgan fingerprint density at radius 1 is 1.15 bits per heavy atom. The minimum Gasteiger partial charge on any atom is -0.489 e. The molecule has 3 aromatic rings. The van der Waals surface area contributed by atoms with Crippen molar-refractivity contribution >= 4 is 11.6 Å². The first-order valence-corrected chi connectivity index (χ1v) is 10.4. The van der Waals surface area contributed by atoms with Crippen molar-refractivity contribution in [2.45, 2.75) is 25.4 Å². The molecule has 6 nitrogen and oxygen atoms in total. The molecule has 0 bridgehead atoms. The number of hydrogen-bond acceptors (Lipinski definition) is 5. The number of rotatable bonds is 8. The second-order valence-electron chi connectivity index (χ2n) is 8.08. The van der Waals surface area contributed by atoms with Crippen molar-refractivity contribution in [2.75, 3.05) is 19.0 Å². The molecule has 178 valence electrons. The number of anilines is 1. The van der Waals surface area contributed by atoms with Gasteiger partial charge in [0.05, 0.1) is 31.0 Å². The Kier molecular flexibility index (Phi) is 6.52. The molecule has 0 radical (unpaired) electrons. The van der Waals surface area contributed by atoms with E-state index in [0.29, 0.717) is 22.8 Å². The average molecular weight is 475 g/mol. The summed E-state index contributed by atoms with van der Waals surface area (Å²) in [6.45, 7) is 1.77. The normalized spacial score (nSPS) is 19.1. The number of halogens is 4. The largest absolute Gasteiger partial charge is 0.489 e. The van der Waals surface area contributed by atoms with Crippen molar-refractivity contribution in [2.24, 2.45) is 5.92 Å². The molecule has 1 amide bonds. The van der Waals surface area contributed by atoms with Crippen LogP contribution in [-0.4, -0.2) is 29.6 Å². The van der Waals surface area contributed by atoms with Crippen molar-refractivity contribution in [1.29, 1.82) is 0 Å². The highest BCUT2D eigenvalue weighted by molar-refractivity contribution is 5.96. The number of aryl methyl sites for hydroxylation is 1. The Morgan fingerprint density at radius 2 is 1.94 bits per heavy atom. The van der Waals surface area contributed by atoms with Gasteiger partial charge in [-0.15, -0.1) is 0 Å². The molecule has 1 N–H and O–H groups in total. The standard InChI is InChI=1S/C24H21F4N3O3/c1-13-29-10-21(20(30-13)11-33-2)34-12-24(14-6-7-16(25)18(27)8-14)9-15(24)23(32)31-19-5-3-4-17(26)22(19)28/h3-8,10,15H,9,11-12H2,1-2H3,(H,31,32)/t15-,24+/m0/s1. The van der Waals surface area contributed by atoms with Crippen LogP contribution in [0.25, 0.3) is 0 Å². The monoisotopic (exact) mass is 475 g/mol. The summed E-state index contributed by atoms with van der Waals surface area (Å²) in [5.74, 6) is -4.93. The van der Waals surface area contributed by atoms with E-state index < -0.39 is 40.5 Å². The number of benzene rings is 2. The Bertz CT molecular complexity index is 1240. The zero-order chi connectivity index (χ0) is 24.5. The minimum atomic E-state index is -1.19. The number of methoxy groups -OCH3 is 1. The molecule has 1 heterocycles. The van der Waals surface area contributed by atoms with Crippen LogP contribution in [0.15, 0.2) is 42.6 Å². The second-order valence-corrected chi connectivity index (χ2v) is 8.08. The maximum Gasteiger partial charge on any atom is 0.228 e. The molecular formula is C24H21F4N3O3. The molecule has 2 aromatic carbocycles. The summed E-state index contributed by atoms with van der Waals surface area (Å²) in [6, 6.07) is 6.78. The number of nitrogens with zero attached hydrogens (tertiary/aromatic N) is 2. The third kappa shape index (κ3) is 4.58. The molecule has 1 aliphatic rings. The van der Waals surface area contributed by atoms with Gasteiger partial charge in [0.15, 0.2) is 29.0 Å². The summed E-state index contributed by atoms with van der Waals surface area (Å²) in [4.78, 5) is 21.3. The number of aromatic nitrogens is 2. The maximum absolute atomic E-state index is 14.0. The summed E-state index contributed by atoms with van der Waals surface area (Å²) >= 11 is 0. The van der Waals surface area contributed by atoms with Crippen LogP contribution in [0.3, 0.4) is 0 Å². The van der Waals surface area contributed by atoms with E-state index in [1.165, 1.54) is 31.5 Å². The molecule has 2 atom stereocenters. The number of carbonyl (C=O) groups excluding carboxylic acids is 1. The molecule has 34 heavy (non-hydrogen) atoms. The number of amides is 1. The number of hydrogen-bond donors (Lipinski definition) is 1. The zero-order valence-corrected chi connectivity index (χ0v) is 18.4. The highest BCUT2D eigenvalue weighted by Gasteiger charge is 2.60. The minimum absolute atomic E-state index is 0.0923. The van der Waals surface area contributed by atoms with E-state index >= 15 is 0 Å². The van der Waals surface area contributed by atoms with Gasteiger partial charge in [0.25, 0.3) is 0 Å². The van der Waals surface area contributed by atoms with Gasteiger partial charge in [-0.1, -0.05) is 12.1 Å². The summed E-state index contributed by atoms with van der Waals surface area (Å²) in [5, 5.41) is 2.38. The first-order chi connectivity index (χ1) is 16.2. The SMILES string of the molecule is COCc1nc(C)ncc1OC[C@@]1(c2ccc(F)c(F)c2)C[C@H]1C(=O)Nc1cccc(F)c1F. The van der Waals surface area contributed by atoms with Gasteiger partial charge < -0.3 is 14.8 Å². The first-order valence-electron chi connectivity index (χ1n) is 10.4. The Hall–Kier alpha value is -3.53. The third-order valence-corrected chi connectivity index (χ3v) is 5.81. The van der Waals surface area contributed by atoms with Gasteiger partial charge in [0.1, 0.15) is 11.5 Å². The lowest BCUT2D eigenvalue weighted by Gasteiger charge is -2.20.